The SMILES string of the molecule is Nc1ccc(-c2cccc(C(F)(F)F)c2)c(F)c1F. The topological polar surface area (TPSA) is 26.0 Å². The summed E-state index contributed by atoms with van der Waals surface area (Å²) in [5.74, 6) is -2.53. The van der Waals surface area contributed by atoms with Gasteiger partial charge in [0.1, 0.15) is 0 Å². The van der Waals surface area contributed by atoms with Gasteiger partial charge in [-0.3, -0.25) is 0 Å². The zero-order valence-electron chi connectivity index (χ0n) is 9.43. The molecule has 100 valence electrons. The van der Waals surface area contributed by atoms with Gasteiger partial charge in [0, 0.05) is 5.56 Å². The molecule has 0 aromatic heterocycles. The predicted octanol–water partition coefficient (Wildman–Crippen LogP) is 4.23. The van der Waals surface area contributed by atoms with Crippen molar-refractivity contribution >= 4 is 5.69 Å². The number of nitrogens with two attached hydrogens (primary N) is 1. The summed E-state index contributed by atoms with van der Waals surface area (Å²) in [6, 6.07) is 6.26. The Bertz CT molecular complexity index is 619. The minimum atomic E-state index is -4.54. The molecule has 0 atom stereocenters. The number of alkyl halides is 3. The zero-order valence-corrected chi connectivity index (χ0v) is 9.43. The van der Waals surface area contributed by atoms with Crippen LogP contribution in [0.5, 0.6) is 0 Å². The number of anilines is 1. The Morgan fingerprint density at radius 1 is 0.895 bits per heavy atom. The summed E-state index contributed by atoms with van der Waals surface area (Å²) < 4.78 is 64.5. The van der Waals surface area contributed by atoms with Gasteiger partial charge in [0.15, 0.2) is 11.6 Å². The predicted molar refractivity (Wildman–Crippen MR) is 61.2 cm³/mol. The average Bonchev–Trinajstić information content (AvgIpc) is 2.35. The summed E-state index contributed by atoms with van der Waals surface area (Å²) in [5, 5.41) is 0. The van der Waals surface area contributed by atoms with E-state index in [0.717, 1.165) is 30.3 Å². The molecule has 2 aromatic rings. The van der Waals surface area contributed by atoms with Crippen LogP contribution in [0.25, 0.3) is 11.1 Å². The highest BCUT2D eigenvalue weighted by Crippen LogP contribution is 2.33. The van der Waals surface area contributed by atoms with E-state index in [0.29, 0.717) is 0 Å². The fraction of sp³-hybridized carbons (Fsp3) is 0.0769. The van der Waals surface area contributed by atoms with Crippen LogP contribution in [0.4, 0.5) is 27.6 Å². The van der Waals surface area contributed by atoms with Gasteiger partial charge >= 0.3 is 6.18 Å². The van der Waals surface area contributed by atoms with Gasteiger partial charge in [-0.2, -0.15) is 13.2 Å². The van der Waals surface area contributed by atoms with E-state index in [9.17, 15) is 22.0 Å². The monoisotopic (exact) mass is 273 g/mol. The van der Waals surface area contributed by atoms with E-state index in [1.807, 2.05) is 0 Å². The Labute approximate surface area is 105 Å². The summed E-state index contributed by atoms with van der Waals surface area (Å²) in [4.78, 5) is 0. The molecule has 0 spiro atoms. The Morgan fingerprint density at radius 3 is 2.21 bits per heavy atom. The van der Waals surface area contributed by atoms with Crippen molar-refractivity contribution < 1.29 is 22.0 Å². The molecule has 0 fully saturated rings. The van der Waals surface area contributed by atoms with Gasteiger partial charge in [-0.25, -0.2) is 8.78 Å². The lowest BCUT2D eigenvalue weighted by Crippen LogP contribution is -2.05. The van der Waals surface area contributed by atoms with E-state index in [4.69, 9.17) is 5.73 Å². The maximum Gasteiger partial charge on any atom is 0.416 e. The molecule has 0 heterocycles. The number of halogens is 5. The fourth-order valence-corrected chi connectivity index (χ4v) is 1.65. The molecule has 2 aromatic carbocycles. The third kappa shape index (κ3) is 2.52. The Hall–Kier alpha value is -2.11. The van der Waals surface area contributed by atoms with Crippen LogP contribution in [-0.2, 0) is 6.18 Å². The number of rotatable bonds is 1. The van der Waals surface area contributed by atoms with E-state index in [1.165, 1.54) is 6.07 Å². The van der Waals surface area contributed by atoms with Crippen LogP contribution >= 0.6 is 0 Å². The molecule has 1 nitrogen and oxygen atoms in total. The first-order valence-electron chi connectivity index (χ1n) is 5.22. The van der Waals surface area contributed by atoms with Crippen molar-refractivity contribution in [2.45, 2.75) is 6.18 Å². The van der Waals surface area contributed by atoms with Crippen molar-refractivity contribution in [3.05, 3.63) is 53.6 Å². The Balaban J connectivity index is 2.57. The highest BCUT2D eigenvalue weighted by Gasteiger charge is 2.30. The second-order valence-corrected chi connectivity index (χ2v) is 3.91. The van der Waals surface area contributed by atoms with Gasteiger partial charge < -0.3 is 5.73 Å². The summed E-state index contributed by atoms with van der Waals surface area (Å²) in [6.07, 6.45) is -4.54. The molecular formula is C13H8F5N. The molecule has 2 N–H and O–H groups in total. The van der Waals surface area contributed by atoms with E-state index in [1.54, 1.807) is 0 Å². The first-order chi connectivity index (χ1) is 8.80. The van der Waals surface area contributed by atoms with Crippen LogP contribution in [0.2, 0.25) is 0 Å². The molecule has 0 radical (unpaired) electrons. The largest absolute Gasteiger partial charge is 0.416 e. The lowest BCUT2D eigenvalue weighted by atomic mass is 10.0. The number of benzene rings is 2. The molecule has 0 aliphatic heterocycles. The second kappa shape index (κ2) is 4.53. The van der Waals surface area contributed by atoms with Gasteiger partial charge in [0.05, 0.1) is 11.3 Å². The molecule has 0 bridgehead atoms. The van der Waals surface area contributed by atoms with Crippen molar-refractivity contribution in [1.29, 1.82) is 0 Å². The maximum atomic E-state index is 13.6. The first-order valence-corrected chi connectivity index (χ1v) is 5.22. The average molecular weight is 273 g/mol. The van der Waals surface area contributed by atoms with E-state index in [-0.39, 0.29) is 11.1 Å². The van der Waals surface area contributed by atoms with Crippen molar-refractivity contribution in [1.82, 2.24) is 0 Å². The molecule has 0 saturated heterocycles. The summed E-state index contributed by atoms with van der Waals surface area (Å²) in [7, 11) is 0. The summed E-state index contributed by atoms with van der Waals surface area (Å²) in [5.41, 5.74) is 3.52. The minimum absolute atomic E-state index is 0.0637. The van der Waals surface area contributed by atoms with Gasteiger partial charge in [-0.1, -0.05) is 12.1 Å². The van der Waals surface area contributed by atoms with Crippen LogP contribution in [-0.4, -0.2) is 0 Å². The molecule has 0 saturated carbocycles. The Kier molecular flexibility index (Phi) is 3.18. The summed E-state index contributed by atoms with van der Waals surface area (Å²) >= 11 is 0. The number of nitrogen functional groups attached to an aromatic ring is 1. The van der Waals surface area contributed by atoms with Crippen molar-refractivity contribution in [3.63, 3.8) is 0 Å². The molecule has 6 heteroatoms. The quantitative estimate of drug-likeness (QED) is 0.610. The normalized spacial score (nSPS) is 11.6. The van der Waals surface area contributed by atoms with Crippen molar-refractivity contribution in [3.8, 4) is 11.1 Å². The zero-order chi connectivity index (χ0) is 14.2. The van der Waals surface area contributed by atoms with Gasteiger partial charge in [-0.15, -0.1) is 0 Å². The van der Waals surface area contributed by atoms with Crippen molar-refractivity contribution in [2.24, 2.45) is 0 Å². The highest BCUT2D eigenvalue weighted by molar-refractivity contribution is 5.67. The van der Waals surface area contributed by atoms with Gasteiger partial charge in [-0.05, 0) is 29.8 Å². The van der Waals surface area contributed by atoms with Gasteiger partial charge in [0.25, 0.3) is 0 Å². The lowest BCUT2D eigenvalue weighted by Gasteiger charge is -2.10. The molecule has 19 heavy (non-hydrogen) atoms. The second-order valence-electron chi connectivity index (χ2n) is 3.91. The minimum Gasteiger partial charge on any atom is -0.396 e. The molecular weight excluding hydrogens is 265 g/mol. The fourth-order valence-electron chi connectivity index (χ4n) is 1.65. The van der Waals surface area contributed by atoms with Crippen LogP contribution in [0.3, 0.4) is 0 Å². The Morgan fingerprint density at radius 2 is 1.58 bits per heavy atom. The smallest absolute Gasteiger partial charge is 0.396 e. The lowest BCUT2D eigenvalue weighted by molar-refractivity contribution is -0.137. The highest BCUT2D eigenvalue weighted by atomic mass is 19.4. The van der Waals surface area contributed by atoms with Crippen LogP contribution in [0.15, 0.2) is 36.4 Å². The van der Waals surface area contributed by atoms with Crippen LogP contribution in [0, 0.1) is 11.6 Å². The first kappa shape index (κ1) is 13.3. The standard InChI is InChI=1S/C13H8F5N/c14-11-9(4-5-10(19)12(11)15)7-2-1-3-8(6-7)13(16,17)18/h1-6H,19H2. The molecule has 0 aliphatic rings. The molecule has 0 aliphatic carbocycles. The van der Waals surface area contributed by atoms with E-state index < -0.39 is 29.1 Å². The van der Waals surface area contributed by atoms with E-state index in [2.05, 4.69) is 0 Å². The van der Waals surface area contributed by atoms with Crippen LogP contribution in [0.1, 0.15) is 5.56 Å². The van der Waals surface area contributed by atoms with E-state index >= 15 is 0 Å². The number of hydrogen-bond donors (Lipinski definition) is 1. The molecule has 0 unspecified atom stereocenters. The molecule has 0 amide bonds. The molecule has 2 rings (SSSR count). The van der Waals surface area contributed by atoms with Crippen LogP contribution < -0.4 is 5.73 Å². The van der Waals surface area contributed by atoms with Gasteiger partial charge in [0.2, 0.25) is 0 Å². The maximum absolute atomic E-state index is 13.6. The third-order valence-electron chi connectivity index (χ3n) is 2.61. The third-order valence-corrected chi connectivity index (χ3v) is 2.61. The number of hydrogen-bond acceptors (Lipinski definition) is 1. The van der Waals surface area contributed by atoms with Crippen molar-refractivity contribution in [2.75, 3.05) is 5.73 Å². The summed E-state index contributed by atoms with van der Waals surface area (Å²) in [6.45, 7) is 0.